The van der Waals surface area contributed by atoms with Crippen LogP contribution < -0.4 is 0 Å². The third kappa shape index (κ3) is 5.91. The summed E-state index contributed by atoms with van der Waals surface area (Å²) in [5, 5.41) is 21.6. The fourth-order valence-corrected chi connectivity index (χ4v) is 6.74. The van der Waals surface area contributed by atoms with Crippen LogP contribution in [0.2, 0.25) is 0 Å². The van der Waals surface area contributed by atoms with Crippen molar-refractivity contribution in [2.75, 3.05) is 6.61 Å². The Morgan fingerprint density at radius 3 is 2.02 bits per heavy atom. The van der Waals surface area contributed by atoms with Gasteiger partial charge in [-0.05, 0) is 98.3 Å². The summed E-state index contributed by atoms with van der Waals surface area (Å²) in [6, 6.07) is 0. The van der Waals surface area contributed by atoms with Crippen LogP contribution in [-0.2, 0) is 14.4 Å². The average Bonchev–Trinajstić information content (AvgIpc) is 2.86. The second-order valence-electron chi connectivity index (χ2n) is 13.4. The number of aliphatic hydroxyl groups excluding tert-OH is 2. The molecule has 2 bridgehead atoms. The van der Waals surface area contributed by atoms with Crippen LogP contribution in [0.3, 0.4) is 0 Å². The molecule has 0 saturated heterocycles. The zero-order valence-electron chi connectivity index (χ0n) is 26.5. The third-order valence-corrected chi connectivity index (χ3v) is 9.17. The number of hydrogen-bond acceptors (Lipinski definition) is 5. The second kappa shape index (κ2) is 13.0. The Morgan fingerprint density at radius 2 is 1.52 bits per heavy atom. The van der Waals surface area contributed by atoms with Crippen LogP contribution in [0.4, 0.5) is 0 Å². The van der Waals surface area contributed by atoms with Gasteiger partial charge in [0.15, 0.2) is 22.8 Å². The SMILES string of the molecule is CC(C)=CCCC1(C)[C@H](C/C=C(\C)CO)C[C@@]2(CC=C(C)C)C(=O)[C@]1(C(=O)C(C)C)C(=O)C(CC=C(C)C)=C2O. The molecule has 2 aliphatic carbocycles. The number of Topliss-reactive ketones (excluding diaryl/α,β-unsaturated/α-hetero) is 3. The number of allylic oxidation sites excluding steroid dienone is 9. The molecule has 222 valence electrons. The lowest BCUT2D eigenvalue weighted by Gasteiger charge is -2.61. The van der Waals surface area contributed by atoms with Crippen molar-refractivity contribution in [3.05, 3.63) is 57.9 Å². The molecule has 0 spiro atoms. The Balaban J connectivity index is 3.09. The van der Waals surface area contributed by atoms with Gasteiger partial charge in [0.2, 0.25) is 0 Å². The van der Waals surface area contributed by atoms with Gasteiger partial charge in [0.1, 0.15) is 5.76 Å². The van der Waals surface area contributed by atoms with Crippen molar-refractivity contribution in [2.24, 2.45) is 28.1 Å². The highest BCUT2D eigenvalue weighted by Gasteiger charge is 2.75. The fourth-order valence-electron chi connectivity index (χ4n) is 6.74. The number of ketones is 3. The summed E-state index contributed by atoms with van der Waals surface area (Å²) >= 11 is 0. The van der Waals surface area contributed by atoms with Crippen LogP contribution in [0, 0.1) is 28.1 Å². The Bertz CT molecular complexity index is 1160. The quantitative estimate of drug-likeness (QED) is 0.189. The van der Waals surface area contributed by atoms with Crippen molar-refractivity contribution in [1.29, 1.82) is 0 Å². The van der Waals surface area contributed by atoms with Crippen molar-refractivity contribution in [3.8, 4) is 0 Å². The van der Waals surface area contributed by atoms with E-state index >= 15 is 4.79 Å². The lowest BCUT2D eigenvalue weighted by atomic mass is 9.38. The van der Waals surface area contributed by atoms with E-state index in [-0.39, 0.29) is 42.5 Å². The molecule has 0 aromatic heterocycles. The van der Waals surface area contributed by atoms with Gasteiger partial charge in [-0.15, -0.1) is 0 Å². The van der Waals surface area contributed by atoms with E-state index in [1.54, 1.807) is 13.8 Å². The topological polar surface area (TPSA) is 91.7 Å². The van der Waals surface area contributed by atoms with Gasteiger partial charge in [-0.1, -0.05) is 67.4 Å². The van der Waals surface area contributed by atoms with Crippen LogP contribution in [0.25, 0.3) is 0 Å². The summed E-state index contributed by atoms with van der Waals surface area (Å²) in [6.45, 7) is 19.0. The highest BCUT2D eigenvalue weighted by atomic mass is 16.3. The number of carbonyl (C=O) groups excluding carboxylic acids is 3. The third-order valence-electron chi connectivity index (χ3n) is 9.17. The molecule has 0 radical (unpaired) electrons. The minimum Gasteiger partial charge on any atom is -0.511 e. The smallest absolute Gasteiger partial charge is 0.184 e. The number of hydrogen-bond donors (Lipinski definition) is 2. The minimum absolute atomic E-state index is 0.0873. The summed E-state index contributed by atoms with van der Waals surface area (Å²) in [4.78, 5) is 44.3. The zero-order chi connectivity index (χ0) is 30.6. The van der Waals surface area contributed by atoms with Gasteiger partial charge in [-0.25, -0.2) is 0 Å². The summed E-state index contributed by atoms with van der Waals surface area (Å²) < 4.78 is 0. The first kappa shape index (κ1) is 33.7. The van der Waals surface area contributed by atoms with E-state index in [2.05, 4.69) is 6.08 Å². The molecule has 1 unspecified atom stereocenters. The van der Waals surface area contributed by atoms with E-state index in [0.29, 0.717) is 25.7 Å². The van der Waals surface area contributed by atoms with E-state index in [4.69, 9.17) is 0 Å². The number of aliphatic hydroxyl groups is 2. The van der Waals surface area contributed by atoms with Crippen molar-refractivity contribution in [2.45, 2.75) is 108 Å². The molecule has 0 heterocycles. The lowest BCUT2D eigenvalue weighted by molar-refractivity contribution is -0.180. The van der Waals surface area contributed by atoms with Crippen molar-refractivity contribution in [3.63, 3.8) is 0 Å². The van der Waals surface area contributed by atoms with Crippen molar-refractivity contribution >= 4 is 17.3 Å². The maximum atomic E-state index is 15.0. The van der Waals surface area contributed by atoms with Crippen LogP contribution >= 0.6 is 0 Å². The Labute approximate surface area is 242 Å². The maximum absolute atomic E-state index is 15.0. The normalized spacial score (nSPS) is 28.5. The molecule has 0 aromatic rings. The molecule has 1 saturated carbocycles. The highest BCUT2D eigenvalue weighted by molar-refractivity contribution is 6.33. The van der Waals surface area contributed by atoms with E-state index in [0.717, 1.165) is 22.3 Å². The summed E-state index contributed by atoms with van der Waals surface area (Å²) in [7, 11) is 0. The largest absolute Gasteiger partial charge is 0.511 e. The zero-order valence-corrected chi connectivity index (χ0v) is 26.5. The highest BCUT2D eigenvalue weighted by Crippen LogP contribution is 2.67. The first-order valence-corrected chi connectivity index (χ1v) is 14.8. The predicted octanol–water partition coefficient (Wildman–Crippen LogP) is 7.96. The molecule has 2 N–H and O–H groups in total. The first-order valence-electron chi connectivity index (χ1n) is 14.8. The van der Waals surface area contributed by atoms with Crippen LogP contribution in [0.5, 0.6) is 0 Å². The van der Waals surface area contributed by atoms with Crippen LogP contribution in [0.15, 0.2) is 57.9 Å². The Hall–Kier alpha value is -2.53. The Morgan fingerprint density at radius 1 is 0.950 bits per heavy atom. The molecule has 2 rings (SSSR count). The molecular weight excluding hydrogens is 500 g/mol. The van der Waals surface area contributed by atoms with Gasteiger partial charge in [0, 0.05) is 11.5 Å². The molecule has 0 aliphatic heterocycles. The first-order chi connectivity index (χ1) is 18.5. The molecular formula is C35H52O5. The van der Waals surface area contributed by atoms with Crippen molar-refractivity contribution < 1.29 is 24.6 Å². The monoisotopic (exact) mass is 552 g/mol. The second-order valence-corrected chi connectivity index (χ2v) is 13.4. The van der Waals surface area contributed by atoms with Crippen LogP contribution in [0.1, 0.15) is 108 Å². The summed E-state index contributed by atoms with van der Waals surface area (Å²) in [5.41, 5.74) is -0.106. The number of fused-ring (bicyclic) bond motifs is 2. The van der Waals surface area contributed by atoms with Crippen molar-refractivity contribution in [1.82, 2.24) is 0 Å². The molecule has 0 aromatic carbocycles. The van der Waals surface area contributed by atoms with Gasteiger partial charge in [0.05, 0.1) is 12.0 Å². The molecule has 40 heavy (non-hydrogen) atoms. The summed E-state index contributed by atoms with van der Waals surface area (Å²) in [5.74, 6) is -2.26. The van der Waals surface area contributed by atoms with Crippen LogP contribution in [-0.4, -0.2) is 34.2 Å². The number of carbonyl (C=O) groups is 3. The minimum atomic E-state index is -1.90. The van der Waals surface area contributed by atoms with Gasteiger partial charge < -0.3 is 10.2 Å². The van der Waals surface area contributed by atoms with E-state index in [1.807, 2.05) is 73.6 Å². The lowest BCUT2D eigenvalue weighted by Crippen LogP contribution is -2.71. The Kier molecular flexibility index (Phi) is 10.9. The number of rotatable bonds is 12. The van der Waals surface area contributed by atoms with E-state index < -0.39 is 33.7 Å². The van der Waals surface area contributed by atoms with Gasteiger partial charge in [0.25, 0.3) is 0 Å². The molecule has 5 nitrogen and oxygen atoms in total. The molecule has 5 heteroatoms. The molecule has 0 amide bonds. The maximum Gasteiger partial charge on any atom is 0.184 e. The predicted molar refractivity (Wildman–Crippen MR) is 163 cm³/mol. The van der Waals surface area contributed by atoms with Gasteiger partial charge in [-0.3, -0.25) is 14.4 Å². The average molecular weight is 553 g/mol. The van der Waals surface area contributed by atoms with Gasteiger partial charge in [-0.2, -0.15) is 0 Å². The van der Waals surface area contributed by atoms with E-state index in [1.165, 1.54) is 0 Å². The summed E-state index contributed by atoms with van der Waals surface area (Å²) in [6.07, 6.45) is 10.3. The molecule has 1 fully saturated rings. The molecule has 2 aliphatic rings. The standard InChI is InChI=1S/C35H52O5/c1-22(2)12-11-18-33(10)27(15-14-26(9)21-36)20-34(19-17-24(5)6)30(38)28(16-13-23(3)4)31(39)35(33,32(34)40)29(37)25(7)8/h12-14,17,25,27,36,38H,11,15-16,18-21H2,1-10H3/b26-14+/t27-,33?,34-,35+/m1/s1. The van der Waals surface area contributed by atoms with Gasteiger partial charge >= 0.3 is 0 Å². The molecule has 4 atom stereocenters. The fraction of sp³-hybridized carbons (Fsp3) is 0.629. The van der Waals surface area contributed by atoms with E-state index in [9.17, 15) is 19.8 Å².